The van der Waals surface area contributed by atoms with Crippen LogP contribution >= 0.6 is 7.82 Å². The Morgan fingerprint density at radius 1 is 0.392 bits per heavy atom. The van der Waals surface area contributed by atoms with Crippen molar-refractivity contribution in [3.63, 3.8) is 0 Å². The Hall–Kier alpha value is -2.30. The Balaban J connectivity index is 1.73. The SMILES string of the molecule is CCCCCCCCC/C=C\CCCCCC(=O)OCC1OC(OC2C(O)C(O)C(O)C(OC3OC(CO)C(O)C(O)C3O)C2OP(=O)(O)OCC(COC(=O)CCCCCCCCCCCCCCCCC)OC(=O)CCCCCCCCCCCCCCC)C(O)C(O)C1O. The van der Waals surface area contributed by atoms with Crippen LogP contribution in [0.15, 0.2) is 12.2 Å². The van der Waals surface area contributed by atoms with Gasteiger partial charge in [-0.25, -0.2) is 4.57 Å². The molecular weight excluding hydrogens is 1280 g/mol. The second-order valence-electron chi connectivity index (χ2n) is 27.4. The highest BCUT2D eigenvalue weighted by atomic mass is 31.2. The Labute approximate surface area is 580 Å². The molecule has 3 aliphatic rings. The third kappa shape index (κ3) is 37.6. The fourth-order valence-corrected chi connectivity index (χ4v) is 13.5. The summed E-state index contributed by atoms with van der Waals surface area (Å²) < 4.78 is 65.0. The fraction of sp³-hybridized carbons (Fsp3) is 0.931. The minimum absolute atomic E-state index is 0.00964. The van der Waals surface area contributed by atoms with Gasteiger partial charge in [0.15, 0.2) is 18.7 Å². The van der Waals surface area contributed by atoms with Crippen molar-refractivity contribution >= 4 is 25.7 Å². The summed E-state index contributed by atoms with van der Waals surface area (Å²) in [4.78, 5) is 51.0. The second-order valence-corrected chi connectivity index (χ2v) is 28.8. The maximum atomic E-state index is 14.3. The first kappa shape index (κ1) is 88.9. The average Bonchev–Trinajstić information content (AvgIpc) is 0.768. The Morgan fingerprint density at radius 2 is 0.722 bits per heavy atom. The van der Waals surface area contributed by atoms with Crippen molar-refractivity contribution in [2.24, 2.45) is 0 Å². The van der Waals surface area contributed by atoms with Crippen LogP contribution in [0.3, 0.4) is 0 Å². The number of esters is 3. The van der Waals surface area contributed by atoms with Crippen molar-refractivity contribution in [3.8, 4) is 0 Å². The molecule has 1 aliphatic carbocycles. The molecule has 11 N–H and O–H groups in total. The van der Waals surface area contributed by atoms with Crippen molar-refractivity contribution in [2.45, 2.75) is 401 Å². The van der Waals surface area contributed by atoms with Crippen LogP contribution in [0.5, 0.6) is 0 Å². The third-order valence-corrected chi connectivity index (χ3v) is 19.8. The molecule has 0 amide bonds. The lowest BCUT2D eigenvalue weighted by molar-refractivity contribution is -0.360. The number of rotatable bonds is 59. The largest absolute Gasteiger partial charge is 0.472 e. The average molecular weight is 1410 g/mol. The van der Waals surface area contributed by atoms with Crippen LogP contribution in [0.2, 0.25) is 0 Å². The summed E-state index contributed by atoms with van der Waals surface area (Å²) >= 11 is 0. The molecule has 97 heavy (non-hydrogen) atoms. The summed E-state index contributed by atoms with van der Waals surface area (Å²) in [5.74, 6) is -1.99. The van der Waals surface area contributed by atoms with Gasteiger partial charge in [0.2, 0.25) is 0 Å². The van der Waals surface area contributed by atoms with Gasteiger partial charge in [0.25, 0.3) is 0 Å². The molecular formula is C72H133O24P. The van der Waals surface area contributed by atoms with E-state index in [0.717, 1.165) is 89.9 Å². The highest BCUT2D eigenvalue weighted by molar-refractivity contribution is 7.47. The monoisotopic (exact) mass is 1410 g/mol. The van der Waals surface area contributed by atoms with Crippen molar-refractivity contribution in [1.82, 2.24) is 0 Å². The number of hydrogen-bond acceptors (Lipinski definition) is 23. The van der Waals surface area contributed by atoms with Crippen LogP contribution in [0.1, 0.15) is 297 Å². The molecule has 0 spiro atoms. The number of carbonyl (C=O) groups excluding carboxylic acids is 3. The van der Waals surface area contributed by atoms with E-state index in [1.54, 1.807) is 0 Å². The van der Waals surface area contributed by atoms with E-state index in [-0.39, 0.29) is 19.3 Å². The molecule has 2 saturated heterocycles. The Bertz CT molecular complexity index is 2060. The third-order valence-electron chi connectivity index (χ3n) is 18.8. The molecule has 2 aliphatic heterocycles. The molecule has 0 aromatic rings. The molecule has 18 atom stereocenters. The van der Waals surface area contributed by atoms with Crippen LogP contribution in [-0.4, -0.2) is 204 Å². The predicted octanol–water partition coefficient (Wildman–Crippen LogP) is 10.4. The maximum absolute atomic E-state index is 14.3. The van der Waals surface area contributed by atoms with Gasteiger partial charge in [-0.15, -0.1) is 0 Å². The Kier molecular flexibility index (Phi) is 49.8. The van der Waals surface area contributed by atoms with E-state index in [0.29, 0.717) is 19.3 Å². The number of hydrogen-bond donors (Lipinski definition) is 11. The molecule has 570 valence electrons. The summed E-state index contributed by atoms with van der Waals surface area (Å²) in [6.45, 7) is 3.44. The molecule has 2 heterocycles. The zero-order valence-electron chi connectivity index (χ0n) is 59.4. The quantitative estimate of drug-likeness (QED) is 0.00886. The van der Waals surface area contributed by atoms with Gasteiger partial charge in [-0.2, -0.15) is 0 Å². The topological polar surface area (TPSA) is 374 Å². The van der Waals surface area contributed by atoms with Gasteiger partial charge in [-0.05, 0) is 44.9 Å². The molecule has 0 bridgehead atoms. The lowest BCUT2D eigenvalue weighted by atomic mass is 9.84. The Morgan fingerprint density at radius 3 is 1.12 bits per heavy atom. The van der Waals surface area contributed by atoms with Crippen LogP contribution in [0.25, 0.3) is 0 Å². The van der Waals surface area contributed by atoms with Gasteiger partial charge in [0.1, 0.15) is 98.7 Å². The molecule has 3 rings (SSSR count). The molecule has 18 unspecified atom stereocenters. The summed E-state index contributed by atoms with van der Waals surface area (Å²) in [5, 5.41) is 110. The minimum Gasteiger partial charge on any atom is -0.463 e. The van der Waals surface area contributed by atoms with Gasteiger partial charge in [-0.1, -0.05) is 245 Å². The van der Waals surface area contributed by atoms with Crippen molar-refractivity contribution < 1.29 is 117 Å². The first-order valence-corrected chi connectivity index (χ1v) is 39.5. The number of aliphatic hydroxyl groups is 10. The summed E-state index contributed by atoms with van der Waals surface area (Å²) in [6, 6.07) is 0. The first-order chi connectivity index (χ1) is 46.8. The zero-order valence-corrected chi connectivity index (χ0v) is 60.3. The number of ether oxygens (including phenoxy) is 7. The minimum atomic E-state index is -5.69. The normalized spacial score (nSPS) is 27.8. The summed E-state index contributed by atoms with van der Waals surface area (Å²) in [7, 11) is -5.69. The smallest absolute Gasteiger partial charge is 0.463 e. The van der Waals surface area contributed by atoms with Crippen molar-refractivity contribution in [2.75, 3.05) is 26.4 Å². The summed E-state index contributed by atoms with van der Waals surface area (Å²) in [6.07, 6.45) is 12.8. The van der Waals surface area contributed by atoms with Crippen molar-refractivity contribution in [1.29, 1.82) is 0 Å². The number of unbranched alkanes of at least 4 members (excludes halogenated alkanes) is 36. The van der Waals surface area contributed by atoms with Crippen LogP contribution < -0.4 is 0 Å². The molecule has 3 fully saturated rings. The number of allylic oxidation sites excluding steroid dienone is 2. The highest BCUT2D eigenvalue weighted by Gasteiger charge is 2.58. The molecule has 24 nitrogen and oxygen atoms in total. The second kappa shape index (κ2) is 54.4. The molecule has 25 heteroatoms. The predicted molar refractivity (Wildman–Crippen MR) is 365 cm³/mol. The first-order valence-electron chi connectivity index (χ1n) is 38.0. The van der Waals surface area contributed by atoms with Crippen LogP contribution in [0, 0.1) is 0 Å². The van der Waals surface area contributed by atoms with E-state index in [9.17, 15) is 74.9 Å². The standard InChI is InChI=1S/C72H133O24P/c1-4-7-10-13-16-19-22-25-27-30-32-34-37-40-43-46-56(74)88-50-53(91-58(76)48-45-42-39-36-33-28-24-21-18-15-12-9-6-3)51-90-97(86,87)96-70-68(94-71-66(84)61(79)59(77)54(49-73)92-71)64(82)63(81)65(83)69(70)95-72-67(85)62(80)60(78)55(93-72)52-89-57(75)47-44-41-38-35-31-29-26-23-20-17-14-11-8-5-2/h29,31,53-55,59-73,77-85H,4-28,30,32-52H2,1-3H3,(H,86,87)/b31-29-. The van der Waals surface area contributed by atoms with E-state index in [2.05, 4.69) is 32.9 Å². The van der Waals surface area contributed by atoms with E-state index >= 15 is 0 Å². The van der Waals surface area contributed by atoms with Gasteiger partial charge < -0.3 is 89.1 Å². The van der Waals surface area contributed by atoms with Crippen LogP contribution in [-0.2, 0) is 61.2 Å². The number of aliphatic hydroxyl groups excluding tert-OH is 10. The van der Waals surface area contributed by atoms with Crippen molar-refractivity contribution in [3.05, 3.63) is 12.2 Å². The van der Waals surface area contributed by atoms with E-state index < -0.39 is 156 Å². The van der Waals surface area contributed by atoms with E-state index in [1.807, 2.05) is 0 Å². The number of phosphoric acid groups is 1. The lowest BCUT2D eigenvalue weighted by Crippen LogP contribution is -2.69. The molecule has 0 radical (unpaired) electrons. The number of carbonyl (C=O) groups is 3. The maximum Gasteiger partial charge on any atom is 0.472 e. The van der Waals surface area contributed by atoms with Crippen LogP contribution in [0.4, 0.5) is 0 Å². The molecule has 0 aromatic heterocycles. The number of phosphoric ester groups is 1. The van der Waals surface area contributed by atoms with Gasteiger partial charge >= 0.3 is 25.7 Å². The highest BCUT2D eigenvalue weighted by Crippen LogP contribution is 2.49. The summed E-state index contributed by atoms with van der Waals surface area (Å²) in [5.41, 5.74) is 0. The zero-order chi connectivity index (χ0) is 71.1. The van der Waals surface area contributed by atoms with Gasteiger partial charge in [0.05, 0.1) is 13.2 Å². The van der Waals surface area contributed by atoms with E-state index in [4.69, 9.17) is 42.2 Å². The molecule has 0 aromatic carbocycles. The lowest BCUT2D eigenvalue weighted by Gasteiger charge is -2.49. The van der Waals surface area contributed by atoms with E-state index in [1.165, 1.54) is 148 Å². The van der Waals surface area contributed by atoms with Gasteiger partial charge in [0, 0.05) is 19.3 Å². The fourth-order valence-electron chi connectivity index (χ4n) is 12.6. The molecule has 1 saturated carbocycles. The van der Waals surface area contributed by atoms with Gasteiger partial charge in [-0.3, -0.25) is 23.4 Å².